The summed E-state index contributed by atoms with van der Waals surface area (Å²) in [5.41, 5.74) is 0.939. The van der Waals surface area contributed by atoms with E-state index in [-0.39, 0.29) is 18.0 Å². The van der Waals surface area contributed by atoms with Gasteiger partial charge in [0, 0.05) is 11.1 Å². The van der Waals surface area contributed by atoms with Gasteiger partial charge in [-0.1, -0.05) is 110 Å². The molecule has 0 aromatic heterocycles. The largest absolute Gasteiger partial charge is 0.462 e. The Bertz CT molecular complexity index is 520. The van der Waals surface area contributed by atoms with Crippen LogP contribution in [0.25, 0.3) is 0 Å². The average molecular weight is 467 g/mol. The van der Waals surface area contributed by atoms with E-state index in [2.05, 4.69) is 27.0 Å². The second kappa shape index (κ2) is 23.6. The molecule has 0 heterocycles. The van der Waals surface area contributed by atoms with Crippen molar-refractivity contribution >= 4 is 11.9 Å². The van der Waals surface area contributed by atoms with Crippen molar-refractivity contribution in [3.8, 4) is 0 Å². The molecule has 0 aliphatic heterocycles. The Morgan fingerprint density at radius 1 is 0.606 bits per heavy atom. The van der Waals surface area contributed by atoms with Crippen molar-refractivity contribution in [2.45, 2.75) is 138 Å². The smallest absolute Gasteiger partial charge is 0.333 e. The van der Waals surface area contributed by atoms with Crippen LogP contribution in [-0.4, -0.2) is 24.6 Å². The lowest BCUT2D eigenvalue weighted by Gasteiger charge is -2.05. The standard InChI is InChI=1S/C22H42O2.C7H12O2/c1-20(2)18-16-14-12-10-8-6-5-7-9-11-13-15-17-19-24-22(23)21(3)4;1-5(2)7(8)9-6(3)4/h20H,3,5-19H2,1-2,4H3;6H,1H2,2-4H3. The van der Waals surface area contributed by atoms with E-state index in [1.165, 1.54) is 83.5 Å². The van der Waals surface area contributed by atoms with Crippen molar-refractivity contribution in [2.24, 2.45) is 5.92 Å². The summed E-state index contributed by atoms with van der Waals surface area (Å²) in [5, 5.41) is 0. The van der Waals surface area contributed by atoms with Gasteiger partial charge in [0.2, 0.25) is 0 Å². The molecule has 0 aromatic carbocycles. The maximum absolute atomic E-state index is 11.2. The Kier molecular flexibility index (Phi) is 24.0. The SMILES string of the molecule is C=C(C)C(=O)OC(C)C.C=C(C)C(=O)OCCCCCCCCCCCCCCCC(C)C. The Hall–Kier alpha value is -1.58. The summed E-state index contributed by atoms with van der Waals surface area (Å²) in [6, 6.07) is 0. The Balaban J connectivity index is 0. The maximum atomic E-state index is 11.2. The van der Waals surface area contributed by atoms with Gasteiger partial charge in [0.05, 0.1) is 12.7 Å². The molecule has 0 amide bonds. The van der Waals surface area contributed by atoms with Gasteiger partial charge in [0.15, 0.2) is 0 Å². The molecule has 0 unspecified atom stereocenters. The highest BCUT2D eigenvalue weighted by Crippen LogP contribution is 2.14. The third-order valence-electron chi connectivity index (χ3n) is 5.20. The Morgan fingerprint density at radius 2 is 0.970 bits per heavy atom. The lowest BCUT2D eigenvalue weighted by molar-refractivity contribution is -0.142. The fourth-order valence-corrected chi connectivity index (χ4v) is 3.20. The molecule has 0 saturated heterocycles. The van der Waals surface area contributed by atoms with E-state index in [1.807, 2.05) is 0 Å². The zero-order chi connectivity index (χ0) is 25.5. The maximum Gasteiger partial charge on any atom is 0.333 e. The van der Waals surface area contributed by atoms with Crippen molar-refractivity contribution in [3.63, 3.8) is 0 Å². The molecular weight excluding hydrogens is 412 g/mol. The summed E-state index contributed by atoms with van der Waals surface area (Å²) < 4.78 is 9.86. The van der Waals surface area contributed by atoms with Crippen LogP contribution in [0.2, 0.25) is 0 Å². The van der Waals surface area contributed by atoms with Crippen LogP contribution in [0.1, 0.15) is 131 Å². The molecule has 0 radical (unpaired) electrons. The van der Waals surface area contributed by atoms with E-state index < -0.39 is 0 Å². The predicted octanol–water partition coefficient (Wildman–Crippen LogP) is 8.74. The van der Waals surface area contributed by atoms with Gasteiger partial charge in [-0.3, -0.25) is 0 Å². The highest BCUT2D eigenvalue weighted by molar-refractivity contribution is 5.87. The monoisotopic (exact) mass is 466 g/mol. The van der Waals surface area contributed by atoms with Gasteiger partial charge < -0.3 is 9.47 Å². The molecule has 0 saturated carbocycles. The van der Waals surface area contributed by atoms with Gasteiger partial charge in [-0.25, -0.2) is 9.59 Å². The van der Waals surface area contributed by atoms with E-state index in [1.54, 1.807) is 27.7 Å². The number of rotatable bonds is 19. The Morgan fingerprint density at radius 3 is 1.27 bits per heavy atom. The number of esters is 2. The Labute approximate surface area is 205 Å². The van der Waals surface area contributed by atoms with Gasteiger partial charge in [0.1, 0.15) is 0 Å². The van der Waals surface area contributed by atoms with Crippen LogP contribution in [-0.2, 0) is 19.1 Å². The van der Waals surface area contributed by atoms with E-state index in [0.29, 0.717) is 17.8 Å². The van der Waals surface area contributed by atoms with E-state index in [4.69, 9.17) is 9.47 Å². The molecule has 0 spiro atoms. The molecule has 194 valence electrons. The van der Waals surface area contributed by atoms with Crippen LogP contribution in [0, 0.1) is 5.92 Å². The lowest BCUT2D eigenvalue weighted by atomic mass is 10.0. The molecule has 0 aliphatic rings. The minimum Gasteiger partial charge on any atom is -0.462 e. The molecule has 0 atom stereocenters. The molecule has 0 aliphatic carbocycles. The predicted molar refractivity (Wildman–Crippen MR) is 141 cm³/mol. The second-order valence-electron chi connectivity index (χ2n) is 9.93. The molecule has 0 N–H and O–H groups in total. The quantitative estimate of drug-likeness (QED) is 0.108. The molecule has 33 heavy (non-hydrogen) atoms. The number of unbranched alkanes of at least 4 members (excludes halogenated alkanes) is 12. The first-order valence-electron chi connectivity index (χ1n) is 13.3. The number of carbonyl (C=O) groups is 2. The molecule has 0 rings (SSSR count). The third kappa shape index (κ3) is 28.4. The van der Waals surface area contributed by atoms with E-state index >= 15 is 0 Å². The zero-order valence-electron chi connectivity index (χ0n) is 22.8. The second-order valence-corrected chi connectivity index (χ2v) is 9.93. The number of ether oxygens (including phenoxy) is 2. The van der Waals surface area contributed by atoms with E-state index in [0.717, 1.165) is 12.3 Å². The lowest BCUT2D eigenvalue weighted by Crippen LogP contribution is -2.11. The van der Waals surface area contributed by atoms with Gasteiger partial charge in [-0.2, -0.15) is 0 Å². The minimum absolute atomic E-state index is 0.0470. The summed E-state index contributed by atoms with van der Waals surface area (Å²) in [5.74, 6) is 0.302. The van der Waals surface area contributed by atoms with Gasteiger partial charge >= 0.3 is 11.9 Å². The van der Waals surface area contributed by atoms with Gasteiger partial charge in [0.25, 0.3) is 0 Å². The first kappa shape index (κ1) is 33.6. The fraction of sp³-hybridized carbons (Fsp3) is 0.793. The van der Waals surface area contributed by atoms with Crippen molar-refractivity contribution < 1.29 is 19.1 Å². The summed E-state index contributed by atoms with van der Waals surface area (Å²) >= 11 is 0. The fourth-order valence-electron chi connectivity index (χ4n) is 3.20. The van der Waals surface area contributed by atoms with Crippen LogP contribution >= 0.6 is 0 Å². The average Bonchev–Trinajstić information content (AvgIpc) is 2.72. The summed E-state index contributed by atoms with van der Waals surface area (Å²) in [6.45, 7) is 19.1. The summed E-state index contributed by atoms with van der Waals surface area (Å²) in [7, 11) is 0. The topological polar surface area (TPSA) is 52.6 Å². The van der Waals surface area contributed by atoms with Crippen molar-refractivity contribution in [2.75, 3.05) is 6.61 Å². The molecule has 0 aromatic rings. The van der Waals surface area contributed by atoms with Crippen molar-refractivity contribution in [1.29, 1.82) is 0 Å². The van der Waals surface area contributed by atoms with Crippen molar-refractivity contribution in [1.82, 2.24) is 0 Å². The summed E-state index contributed by atoms with van der Waals surface area (Å²) in [6.07, 6.45) is 18.8. The molecular formula is C29H54O4. The highest BCUT2D eigenvalue weighted by Gasteiger charge is 2.04. The van der Waals surface area contributed by atoms with E-state index in [9.17, 15) is 9.59 Å². The molecule has 4 heteroatoms. The third-order valence-corrected chi connectivity index (χ3v) is 5.20. The number of carbonyl (C=O) groups excluding carboxylic acids is 2. The van der Waals surface area contributed by atoms with Crippen LogP contribution in [0.15, 0.2) is 24.3 Å². The molecule has 0 fully saturated rings. The number of hydrogen-bond donors (Lipinski definition) is 0. The van der Waals surface area contributed by atoms with Crippen LogP contribution < -0.4 is 0 Å². The van der Waals surface area contributed by atoms with Crippen LogP contribution in [0.5, 0.6) is 0 Å². The summed E-state index contributed by atoms with van der Waals surface area (Å²) in [4.78, 5) is 21.8. The first-order valence-corrected chi connectivity index (χ1v) is 13.3. The van der Waals surface area contributed by atoms with Gasteiger partial charge in [-0.15, -0.1) is 0 Å². The zero-order valence-corrected chi connectivity index (χ0v) is 22.8. The molecule has 0 bridgehead atoms. The van der Waals surface area contributed by atoms with Crippen molar-refractivity contribution in [3.05, 3.63) is 24.3 Å². The number of hydrogen-bond acceptors (Lipinski definition) is 4. The van der Waals surface area contributed by atoms with Gasteiger partial charge in [-0.05, 0) is 40.0 Å². The first-order chi connectivity index (χ1) is 15.6. The molecule has 4 nitrogen and oxygen atoms in total. The van der Waals surface area contributed by atoms with Crippen LogP contribution in [0.3, 0.4) is 0 Å². The normalized spacial score (nSPS) is 10.5. The van der Waals surface area contributed by atoms with Crippen LogP contribution in [0.4, 0.5) is 0 Å². The highest BCUT2D eigenvalue weighted by atomic mass is 16.5. The minimum atomic E-state index is -0.315.